The Labute approximate surface area is 150 Å². The van der Waals surface area contributed by atoms with Gasteiger partial charge in [0.1, 0.15) is 11.3 Å². The van der Waals surface area contributed by atoms with Gasteiger partial charge in [0.05, 0.1) is 5.60 Å². The highest BCUT2D eigenvalue weighted by Crippen LogP contribution is 2.42. The van der Waals surface area contributed by atoms with E-state index in [0.717, 1.165) is 80.5 Å². The summed E-state index contributed by atoms with van der Waals surface area (Å²) in [5.41, 5.74) is 0.957. The minimum atomic E-state index is -0.858. The van der Waals surface area contributed by atoms with E-state index in [1.54, 1.807) is 7.11 Å². The summed E-state index contributed by atoms with van der Waals surface area (Å²) in [7, 11) is 1.73. The van der Waals surface area contributed by atoms with Gasteiger partial charge in [0, 0.05) is 43.5 Å². The van der Waals surface area contributed by atoms with Crippen LogP contribution in [0.5, 0.6) is 0 Å². The van der Waals surface area contributed by atoms with Crippen LogP contribution in [-0.4, -0.2) is 31.9 Å². The number of rotatable bonds is 8. The van der Waals surface area contributed by atoms with Gasteiger partial charge in [-0.25, -0.2) is 0 Å². The van der Waals surface area contributed by atoms with Crippen molar-refractivity contribution < 1.29 is 14.3 Å². The van der Waals surface area contributed by atoms with Gasteiger partial charge in [-0.05, 0) is 44.7 Å². The lowest BCUT2D eigenvalue weighted by Crippen LogP contribution is -2.44. The maximum Gasteiger partial charge on any atom is 0.140 e. The Kier molecular flexibility index (Phi) is 6.15. The molecule has 1 saturated heterocycles. The van der Waals surface area contributed by atoms with E-state index < -0.39 is 5.60 Å². The van der Waals surface area contributed by atoms with Crippen LogP contribution in [-0.2, 0) is 16.8 Å². The predicted molar refractivity (Wildman–Crippen MR) is 101 cm³/mol. The maximum absolute atomic E-state index is 11.8. The number of para-hydroxylation sites is 1. The number of furan rings is 1. The molecule has 25 heavy (non-hydrogen) atoms. The number of ether oxygens (including phenoxy) is 1. The minimum Gasteiger partial charge on any atom is -0.461 e. The van der Waals surface area contributed by atoms with Crippen molar-refractivity contribution in [3.63, 3.8) is 0 Å². The summed E-state index contributed by atoms with van der Waals surface area (Å²) in [6, 6.07) is 8.27. The number of aliphatic hydroxyl groups is 1. The van der Waals surface area contributed by atoms with E-state index in [2.05, 4.69) is 30.4 Å². The summed E-state index contributed by atoms with van der Waals surface area (Å²) in [5, 5.41) is 16.4. The molecule has 1 aromatic carbocycles. The first-order chi connectivity index (χ1) is 12.2. The molecular weight excluding hydrogens is 314 g/mol. The predicted octanol–water partition coefficient (Wildman–Crippen LogP) is 4.00. The molecule has 1 aliphatic rings. The molecular formula is C21H31NO3. The van der Waals surface area contributed by atoms with Gasteiger partial charge in [-0.2, -0.15) is 0 Å². The lowest BCUT2D eigenvalue weighted by Gasteiger charge is -2.39. The second-order valence-corrected chi connectivity index (χ2v) is 7.21. The third-order valence-electron chi connectivity index (χ3n) is 5.54. The summed E-state index contributed by atoms with van der Waals surface area (Å²) >= 11 is 0. The Balaban J connectivity index is 1.96. The normalized spacial score (nSPS) is 20.7. The molecule has 1 aromatic heterocycles. The zero-order chi connectivity index (χ0) is 17.7. The van der Waals surface area contributed by atoms with Gasteiger partial charge >= 0.3 is 0 Å². The largest absolute Gasteiger partial charge is 0.461 e. The van der Waals surface area contributed by atoms with E-state index in [-0.39, 0.29) is 5.92 Å². The van der Waals surface area contributed by atoms with Gasteiger partial charge in [0.2, 0.25) is 0 Å². The van der Waals surface area contributed by atoms with Crippen molar-refractivity contribution in [2.75, 3.05) is 26.8 Å². The lowest BCUT2D eigenvalue weighted by molar-refractivity contribution is -0.0428. The average Bonchev–Trinajstić information content (AvgIpc) is 3.09. The first-order valence-electron chi connectivity index (χ1n) is 9.63. The maximum atomic E-state index is 11.8. The molecule has 1 unspecified atom stereocenters. The molecule has 2 atom stereocenters. The van der Waals surface area contributed by atoms with Crippen molar-refractivity contribution in [3.8, 4) is 0 Å². The first kappa shape index (κ1) is 18.4. The standard InChI is InChI=1S/C21H31NO3/c1-3-18-14-16-8-6-10-19(20(16)25-18)21(23,11-4-5-13-24-2)17-9-7-12-22-15-17/h6,8,10,14,17,22-23H,3-5,7,9,11-13,15H2,1-2H3/t17?,21-/m0/s1. The number of piperidine rings is 1. The molecule has 4 heteroatoms. The van der Waals surface area contributed by atoms with Crippen LogP contribution in [0.25, 0.3) is 11.0 Å². The van der Waals surface area contributed by atoms with Gasteiger partial charge in [-0.3, -0.25) is 0 Å². The smallest absolute Gasteiger partial charge is 0.140 e. The Morgan fingerprint density at radius 2 is 2.24 bits per heavy atom. The molecule has 2 heterocycles. The molecule has 138 valence electrons. The van der Waals surface area contributed by atoms with Crippen LogP contribution in [0.4, 0.5) is 0 Å². The zero-order valence-electron chi connectivity index (χ0n) is 15.5. The molecule has 0 spiro atoms. The van der Waals surface area contributed by atoms with Crippen LogP contribution in [0.2, 0.25) is 0 Å². The molecule has 0 saturated carbocycles. The van der Waals surface area contributed by atoms with Gasteiger partial charge in [-0.15, -0.1) is 0 Å². The highest BCUT2D eigenvalue weighted by Gasteiger charge is 2.40. The first-order valence-corrected chi connectivity index (χ1v) is 9.63. The summed E-state index contributed by atoms with van der Waals surface area (Å²) in [6.45, 7) is 4.74. The molecule has 0 radical (unpaired) electrons. The number of methoxy groups -OCH3 is 1. The molecule has 2 aromatic rings. The van der Waals surface area contributed by atoms with Gasteiger partial charge in [-0.1, -0.05) is 25.1 Å². The summed E-state index contributed by atoms with van der Waals surface area (Å²) < 4.78 is 11.3. The molecule has 0 bridgehead atoms. The van der Waals surface area contributed by atoms with Gasteiger partial charge in [0.15, 0.2) is 0 Å². The Morgan fingerprint density at radius 1 is 1.36 bits per heavy atom. The van der Waals surface area contributed by atoms with Crippen LogP contribution >= 0.6 is 0 Å². The average molecular weight is 345 g/mol. The second-order valence-electron chi connectivity index (χ2n) is 7.21. The van der Waals surface area contributed by atoms with Crippen LogP contribution in [0.3, 0.4) is 0 Å². The third-order valence-corrected chi connectivity index (χ3v) is 5.54. The number of unbranched alkanes of at least 4 members (excludes halogenated alkanes) is 1. The Morgan fingerprint density at radius 3 is 2.96 bits per heavy atom. The van der Waals surface area contributed by atoms with Crippen molar-refractivity contribution in [1.82, 2.24) is 5.32 Å². The van der Waals surface area contributed by atoms with Crippen LogP contribution < -0.4 is 5.32 Å². The van der Waals surface area contributed by atoms with E-state index in [1.807, 2.05) is 6.07 Å². The number of benzene rings is 1. The molecule has 2 N–H and O–H groups in total. The number of nitrogens with one attached hydrogen (secondary N) is 1. The van der Waals surface area contributed by atoms with Gasteiger partial charge in [0.25, 0.3) is 0 Å². The van der Waals surface area contributed by atoms with Crippen molar-refractivity contribution in [3.05, 3.63) is 35.6 Å². The fraction of sp³-hybridized carbons (Fsp3) is 0.619. The fourth-order valence-corrected chi connectivity index (χ4v) is 4.09. The highest BCUT2D eigenvalue weighted by atomic mass is 16.5. The lowest BCUT2D eigenvalue weighted by atomic mass is 9.74. The van der Waals surface area contributed by atoms with Crippen LogP contribution in [0, 0.1) is 5.92 Å². The van der Waals surface area contributed by atoms with Crippen molar-refractivity contribution >= 4 is 11.0 Å². The Bertz CT molecular complexity index is 675. The van der Waals surface area contributed by atoms with E-state index in [9.17, 15) is 5.11 Å². The molecule has 0 amide bonds. The molecule has 1 fully saturated rings. The number of hydrogen-bond donors (Lipinski definition) is 2. The second kappa shape index (κ2) is 8.35. The molecule has 1 aliphatic heterocycles. The number of fused-ring (bicyclic) bond motifs is 1. The van der Waals surface area contributed by atoms with Gasteiger partial charge < -0.3 is 19.6 Å². The molecule has 0 aliphatic carbocycles. The minimum absolute atomic E-state index is 0.213. The SMILES string of the molecule is CCc1cc2cccc([C@](O)(CCCCOC)C3CCCNC3)c2o1. The van der Waals surface area contributed by atoms with E-state index in [1.165, 1.54) is 0 Å². The van der Waals surface area contributed by atoms with Crippen LogP contribution in [0.15, 0.2) is 28.7 Å². The Hall–Kier alpha value is -1.36. The summed E-state index contributed by atoms with van der Waals surface area (Å²) in [5.74, 6) is 1.19. The molecule has 4 nitrogen and oxygen atoms in total. The number of hydrogen-bond acceptors (Lipinski definition) is 4. The zero-order valence-corrected chi connectivity index (χ0v) is 15.5. The summed E-state index contributed by atoms with van der Waals surface area (Å²) in [4.78, 5) is 0. The van der Waals surface area contributed by atoms with Crippen LogP contribution in [0.1, 0.15) is 50.4 Å². The van der Waals surface area contributed by atoms with Crippen molar-refractivity contribution in [2.45, 2.75) is 51.0 Å². The topological polar surface area (TPSA) is 54.6 Å². The van der Waals surface area contributed by atoms with E-state index in [4.69, 9.17) is 9.15 Å². The molecule has 3 rings (SSSR count). The third kappa shape index (κ3) is 3.91. The van der Waals surface area contributed by atoms with Crippen molar-refractivity contribution in [1.29, 1.82) is 0 Å². The van der Waals surface area contributed by atoms with Crippen molar-refractivity contribution in [2.24, 2.45) is 5.92 Å². The number of aryl methyl sites for hydroxylation is 1. The quantitative estimate of drug-likeness (QED) is 0.710. The van der Waals surface area contributed by atoms with E-state index in [0.29, 0.717) is 0 Å². The fourth-order valence-electron chi connectivity index (χ4n) is 4.09. The highest BCUT2D eigenvalue weighted by molar-refractivity contribution is 5.82. The monoisotopic (exact) mass is 345 g/mol. The van der Waals surface area contributed by atoms with E-state index >= 15 is 0 Å². The summed E-state index contributed by atoms with van der Waals surface area (Å²) in [6.07, 6.45) is 5.67.